The summed E-state index contributed by atoms with van der Waals surface area (Å²) >= 11 is 5.31. The first kappa shape index (κ1) is 15.1. The van der Waals surface area contributed by atoms with Crippen LogP contribution in [0.3, 0.4) is 0 Å². The number of thiocarbonyl (C=S) groups is 1. The molecule has 1 saturated heterocycles. The molecule has 0 radical (unpaired) electrons. The van der Waals surface area contributed by atoms with E-state index in [4.69, 9.17) is 21.7 Å². The van der Waals surface area contributed by atoms with Crippen LogP contribution in [0.15, 0.2) is 24.3 Å². The molecule has 20 heavy (non-hydrogen) atoms. The molecule has 1 aliphatic heterocycles. The predicted molar refractivity (Wildman–Crippen MR) is 85.4 cm³/mol. The molecule has 0 bridgehead atoms. The summed E-state index contributed by atoms with van der Waals surface area (Å²) in [6.07, 6.45) is 3.50. The van der Waals surface area contributed by atoms with Crippen molar-refractivity contribution in [1.82, 2.24) is 5.32 Å². The lowest BCUT2D eigenvalue weighted by Crippen LogP contribution is -2.34. The van der Waals surface area contributed by atoms with Crippen LogP contribution < -0.4 is 15.4 Å². The Balaban J connectivity index is 1.83. The average Bonchev–Trinajstić information content (AvgIpc) is 2.97. The van der Waals surface area contributed by atoms with E-state index in [-0.39, 0.29) is 6.10 Å². The number of benzene rings is 1. The number of anilines is 1. The van der Waals surface area contributed by atoms with E-state index in [0.717, 1.165) is 43.9 Å². The quantitative estimate of drug-likeness (QED) is 0.790. The van der Waals surface area contributed by atoms with Crippen LogP contribution in [0.4, 0.5) is 5.69 Å². The molecule has 5 heteroatoms. The molecule has 0 saturated carbocycles. The van der Waals surface area contributed by atoms with Crippen molar-refractivity contribution in [2.45, 2.75) is 32.3 Å². The Kier molecular flexibility index (Phi) is 6.08. The second kappa shape index (κ2) is 8.07. The first-order valence-electron chi connectivity index (χ1n) is 7.18. The molecule has 2 N–H and O–H groups in total. The molecular weight excluding hydrogens is 272 g/mol. The summed E-state index contributed by atoms with van der Waals surface area (Å²) in [4.78, 5) is 0. The Bertz CT molecular complexity index is 434. The van der Waals surface area contributed by atoms with Crippen LogP contribution in [-0.2, 0) is 4.74 Å². The standard InChI is InChI=1S/C15H22N2O2S/c1-2-9-19-14-8-4-3-7-13(14)17-15(20)16-11-12-6-5-10-18-12/h3-4,7-8,12H,2,5-6,9-11H2,1H3,(H2,16,17,20)/t12-/m1/s1. The number of hydrogen-bond acceptors (Lipinski definition) is 3. The monoisotopic (exact) mass is 294 g/mol. The van der Waals surface area contributed by atoms with E-state index in [9.17, 15) is 0 Å². The molecule has 0 aromatic heterocycles. The van der Waals surface area contributed by atoms with Gasteiger partial charge in [0.15, 0.2) is 5.11 Å². The van der Waals surface area contributed by atoms with Crippen LogP contribution in [0.25, 0.3) is 0 Å². The van der Waals surface area contributed by atoms with E-state index in [1.165, 1.54) is 0 Å². The molecule has 4 nitrogen and oxygen atoms in total. The number of hydrogen-bond donors (Lipinski definition) is 2. The summed E-state index contributed by atoms with van der Waals surface area (Å²) in [5, 5.41) is 6.98. The number of ether oxygens (including phenoxy) is 2. The lowest BCUT2D eigenvalue weighted by atomic mass is 10.2. The first-order valence-corrected chi connectivity index (χ1v) is 7.58. The Hall–Kier alpha value is -1.33. The highest BCUT2D eigenvalue weighted by molar-refractivity contribution is 7.80. The maximum atomic E-state index is 5.69. The number of rotatable bonds is 6. The summed E-state index contributed by atoms with van der Waals surface area (Å²) in [5.74, 6) is 0.829. The van der Waals surface area contributed by atoms with Crippen LogP contribution in [0.2, 0.25) is 0 Å². The molecule has 1 fully saturated rings. The molecule has 1 aromatic rings. The van der Waals surface area contributed by atoms with E-state index < -0.39 is 0 Å². The van der Waals surface area contributed by atoms with Gasteiger partial charge in [-0.05, 0) is 43.6 Å². The van der Waals surface area contributed by atoms with Gasteiger partial charge in [0.2, 0.25) is 0 Å². The van der Waals surface area contributed by atoms with Crippen molar-refractivity contribution in [1.29, 1.82) is 0 Å². The fourth-order valence-electron chi connectivity index (χ4n) is 2.09. The second-order valence-electron chi connectivity index (χ2n) is 4.81. The Labute approximate surface area is 125 Å². The van der Waals surface area contributed by atoms with Gasteiger partial charge in [-0.25, -0.2) is 0 Å². The molecule has 0 aliphatic carbocycles. The van der Waals surface area contributed by atoms with Gasteiger partial charge in [0.05, 0.1) is 18.4 Å². The smallest absolute Gasteiger partial charge is 0.170 e. The van der Waals surface area contributed by atoms with Gasteiger partial charge in [-0.15, -0.1) is 0 Å². The fourth-order valence-corrected chi connectivity index (χ4v) is 2.28. The second-order valence-corrected chi connectivity index (χ2v) is 5.22. The predicted octanol–water partition coefficient (Wildman–Crippen LogP) is 2.94. The van der Waals surface area contributed by atoms with E-state index in [1.54, 1.807) is 0 Å². The van der Waals surface area contributed by atoms with Crippen molar-refractivity contribution in [2.75, 3.05) is 25.1 Å². The Morgan fingerprint density at radius 2 is 2.30 bits per heavy atom. The summed E-state index contributed by atoms with van der Waals surface area (Å²) in [6.45, 7) is 4.41. The minimum Gasteiger partial charge on any atom is -0.491 e. The third-order valence-corrected chi connectivity index (χ3v) is 3.36. The minimum absolute atomic E-state index is 0.279. The Morgan fingerprint density at radius 1 is 1.45 bits per heavy atom. The maximum Gasteiger partial charge on any atom is 0.170 e. The van der Waals surface area contributed by atoms with Crippen LogP contribution in [0, 0.1) is 0 Å². The van der Waals surface area contributed by atoms with E-state index in [2.05, 4.69) is 17.6 Å². The summed E-state index contributed by atoms with van der Waals surface area (Å²) in [6, 6.07) is 7.83. The third kappa shape index (κ3) is 4.65. The molecule has 2 rings (SSSR count). The topological polar surface area (TPSA) is 42.5 Å². The first-order chi connectivity index (χ1) is 9.79. The number of nitrogens with one attached hydrogen (secondary N) is 2. The highest BCUT2D eigenvalue weighted by Crippen LogP contribution is 2.23. The highest BCUT2D eigenvalue weighted by atomic mass is 32.1. The molecule has 0 amide bonds. The largest absolute Gasteiger partial charge is 0.491 e. The summed E-state index contributed by atoms with van der Waals surface area (Å²) in [7, 11) is 0. The van der Waals surface area contributed by atoms with Gasteiger partial charge in [-0.1, -0.05) is 19.1 Å². The molecule has 1 aliphatic rings. The molecular formula is C15H22N2O2S. The van der Waals surface area contributed by atoms with Crippen LogP contribution >= 0.6 is 12.2 Å². The highest BCUT2D eigenvalue weighted by Gasteiger charge is 2.15. The van der Waals surface area contributed by atoms with E-state index in [1.807, 2.05) is 24.3 Å². The van der Waals surface area contributed by atoms with E-state index >= 15 is 0 Å². The molecule has 110 valence electrons. The van der Waals surface area contributed by atoms with Crippen molar-refractivity contribution < 1.29 is 9.47 Å². The van der Waals surface area contributed by atoms with Gasteiger partial charge in [0.25, 0.3) is 0 Å². The summed E-state index contributed by atoms with van der Waals surface area (Å²) < 4.78 is 11.2. The Morgan fingerprint density at radius 3 is 3.05 bits per heavy atom. The van der Waals surface area contributed by atoms with Crippen molar-refractivity contribution in [2.24, 2.45) is 0 Å². The van der Waals surface area contributed by atoms with Gasteiger partial charge in [-0.3, -0.25) is 0 Å². The van der Waals surface area contributed by atoms with E-state index in [0.29, 0.717) is 11.7 Å². The van der Waals surface area contributed by atoms with Crippen LogP contribution in [0.1, 0.15) is 26.2 Å². The van der Waals surface area contributed by atoms with Crippen molar-refractivity contribution in [3.05, 3.63) is 24.3 Å². The molecule has 1 atom stereocenters. The van der Waals surface area contributed by atoms with Gasteiger partial charge in [-0.2, -0.15) is 0 Å². The zero-order valence-electron chi connectivity index (χ0n) is 11.9. The van der Waals surface area contributed by atoms with Crippen LogP contribution in [-0.4, -0.2) is 31.0 Å². The molecule has 1 heterocycles. The lowest BCUT2D eigenvalue weighted by Gasteiger charge is -2.16. The lowest BCUT2D eigenvalue weighted by molar-refractivity contribution is 0.114. The average molecular weight is 294 g/mol. The maximum absolute atomic E-state index is 5.69. The van der Waals surface area contributed by atoms with Gasteiger partial charge in [0.1, 0.15) is 5.75 Å². The summed E-state index contributed by atoms with van der Waals surface area (Å²) in [5.41, 5.74) is 0.894. The zero-order chi connectivity index (χ0) is 14.2. The van der Waals surface area contributed by atoms with Gasteiger partial charge < -0.3 is 20.1 Å². The minimum atomic E-state index is 0.279. The molecule has 0 unspecified atom stereocenters. The molecule has 0 spiro atoms. The van der Waals surface area contributed by atoms with Crippen LogP contribution in [0.5, 0.6) is 5.75 Å². The third-order valence-electron chi connectivity index (χ3n) is 3.11. The van der Waals surface area contributed by atoms with Crippen molar-refractivity contribution in [3.8, 4) is 5.75 Å². The van der Waals surface area contributed by atoms with Crippen molar-refractivity contribution >= 4 is 23.0 Å². The van der Waals surface area contributed by atoms with Crippen molar-refractivity contribution in [3.63, 3.8) is 0 Å². The zero-order valence-corrected chi connectivity index (χ0v) is 12.7. The normalized spacial score (nSPS) is 17.8. The fraction of sp³-hybridized carbons (Fsp3) is 0.533. The number of para-hydroxylation sites is 2. The SMILES string of the molecule is CCCOc1ccccc1NC(=S)NC[C@H]1CCCO1. The molecule has 1 aromatic carbocycles. The van der Waals surface area contributed by atoms with Gasteiger partial charge in [0, 0.05) is 13.2 Å². The van der Waals surface area contributed by atoms with Gasteiger partial charge >= 0.3 is 0 Å².